The Morgan fingerprint density at radius 1 is 1.12 bits per heavy atom. The van der Waals surface area contributed by atoms with Crippen LogP contribution in [0.5, 0.6) is 0 Å². The van der Waals surface area contributed by atoms with Crippen molar-refractivity contribution in [3.8, 4) is 0 Å². The summed E-state index contributed by atoms with van der Waals surface area (Å²) < 4.78 is 31.1. The van der Waals surface area contributed by atoms with Crippen molar-refractivity contribution in [2.45, 2.75) is 53.1 Å². The highest BCUT2D eigenvalue weighted by molar-refractivity contribution is 6.08. The summed E-state index contributed by atoms with van der Waals surface area (Å²) in [5.74, 6) is -6.31. The zero-order valence-electron chi connectivity index (χ0n) is 14.9. The van der Waals surface area contributed by atoms with Crippen LogP contribution in [-0.4, -0.2) is 42.2 Å². The summed E-state index contributed by atoms with van der Waals surface area (Å²) in [4.78, 5) is 57.4. The van der Waals surface area contributed by atoms with Crippen LogP contribution in [0.15, 0.2) is 0 Å². The first kappa shape index (κ1) is 21.3. The lowest BCUT2D eigenvalue weighted by atomic mass is 9.97. The first-order valence-electron chi connectivity index (χ1n) is 7.60. The van der Waals surface area contributed by atoms with Gasteiger partial charge in [-0.1, -0.05) is 13.8 Å². The maximum absolute atomic E-state index is 12.6. The minimum absolute atomic E-state index is 0.507. The number of ether oxygens (including phenoxy) is 4. The van der Waals surface area contributed by atoms with E-state index in [4.69, 9.17) is 9.47 Å². The molecule has 0 spiro atoms. The number of hydrogen-bond donors (Lipinski definition) is 1. The number of carbonyl (C=O) groups is 5. The van der Waals surface area contributed by atoms with Gasteiger partial charge in [0.05, 0.1) is 5.41 Å². The van der Waals surface area contributed by atoms with E-state index >= 15 is 0 Å². The van der Waals surface area contributed by atoms with E-state index in [0.717, 1.165) is 0 Å². The highest BCUT2D eigenvalue weighted by Gasteiger charge is 2.55. The molecule has 0 bridgehead atoms. The Balaban J connectivity index is 2.88. The molecule has 1 fully saturated rings. The van der Waals surface area contributed by atoms with E-state index in [2.05, 4.69) is 9.47 Å². The van der Waals surface area contributed by atoms with Gasteiger partial charge in [-0.25, -0.2) is 9.59 Å². The molecular formula is C15H20FNO9. The molecule has 26 heavy (non-hydrogen) atoms. The van der Waals surface area contributed by atoms with Gasteiger partial charge in [-0.05, 0) is 20.8 Å². The topological polar surface area (TPSA) is 134 Å². The molecule has 1 heterocycles. The summed E-state index contributed by atoms with van der Waals surface area (Å²) in [6.45, 7) is 7.87. The standard InChI is InChI=1S/C15H20FNO9/c1-7(2)9(23-11(20)14(3,4)5)24-13(22)26-15(25-12(16)21)6-8(18)17-10(15)19/h7,9H,6H2,1-5H3,(H,17,18,19). The number of rotatable bonds is 5. The lowest BCUT2D eigenvalue weighted by Crippen LogP contribution is -2.47. The first-order valence-corrected chi connectivity index (χ1v) is 7.60. The highest BCUT2D eigenvalue weighted by atomic mass is 19.1. The summed E-state index contributed by atoms with van der Waals surface area (Å²) in [7, 11) is 0. The van der Waals surface area contributed by atoms with E-state index in [1.165, 1.54) is 0 Å². The Morgan fingerprint density at radius 3 is 2.08 bits per heavy atom. The van der Waals surface area contributed by atoms with Crippen molar-refractivity contribution < 1.29 is 47.3 Å². The lowest BCUT2D eigenvalue weighted by Gasteiger charge is -2.27. The smallest absolute Gasteiger partial charge is 0.424 e. The average Bonchev–Trinajstić information content (AvgIpc) is 2.69. The number of hydrogen-bond acceptors (Lipinski definition) is 9. The first-order chi connectivity index (χ1) is 11.8. The molecule has 0 radical (unpaired) electrons. The molecule has 2 amide bonds. The van der Waals surface area contributed by atoms with Crippen LogP contribution in [0, 0.1) is 11.3 Å². The van der Waals surface area contributed by atoms with Crippen molar-refractivity contribution in [1.29, 1.82) is 0 Å². The molecule has 1 rings (SSSR count). The fraction of sp³-hybridized carbons (Fsp3) is 0.667. The van der Waals surface area contributed by atoms with Crippen molar-refractivity contribution >= 4 is 30.2 Å². The zero-order chi connectivity index (χ0) is 20.3. The van der Waals surface area contributed by atoms with Crippen LogP contribution in [0.2, 0.25) is 0 Å². The largest absolute Gasteiger partial charge is 0.515 e. The molecule has 0 saturated carbocycles. The summed E-state index contributed by atoms with van der Waals surface area (Å²) in [6, 6.07) is 0. The minimum atomic E-state index is -2.82. The molecule has 1 saturated heterocycles. The predicted octanol–water partition coefficient (Wildman–Crippen LogP) is 1.56. The van der Waals surface area contributed by atoms with E-state index in [1.54, 1.807) is 39.9 Å². The van der Waals surface area contributed by atoms with Gasteiger partial charge in [0.25, 0.3) is 6.29 Å². The average molecular weight is 377 g/mol. The summed E-state index contributed by atoms with van der Waals surface area (Å²) in [6.07, 6.45) is -6.38. The zero-order valence-corrected chi connectivity index (χ0v) is 14.9. The molecule has 10 nitrogen and oxygen atoms in total. The molecule has 0 aromatic heterocycles. The second-order valence-corrected chi connectivity index (χ2v) is 6.88. The van der Waals surface area contributed by atoms with E-state index in [1.807, 2.05) is 0 Å². The van der Waals surface area contributed by atoms with Crippen LogP contribution < -0.4 is 5.32 Å². The molecule has 1 N–H and O–H groups in total. The van der Waals surface area contributed by atoms with Crippen LogP contribution in [0.1, 0.15) is 41.0 Å². The predicted molar refractivity (Wildman–Crippen MR) is 79.8 cm³/mol. The normalized spacial score (nSPS) is 21.0. The Morgan fingerprint density at radius 2 is 1.69 bits per heavy atom. The maximum atomic E-state index is 12.6. The monoisotopic (exact) mass is 377 g/mol. The molecule has 0 aromatic rings. The Kier molecular flexibility index (Phi) is 6.29. The molecule has 0 aliphatic carbocycles. The Hall–Kier alpha value is -2.72. The number of imide groups is 1. The molecule has 1 aliphatic rings. The van der Waals surface area contributed by atoms with Crippen molar-refractivity contribution in [2.24, 2.45) is 11.3 Å². The third-order valence-corrected chi connectivity index (χ3v) is 3.08. The van der Waals surface area contributed by atoms with Crippen LogP contribution in [0.4, 0.5) is 14.0 Å². The maximum Gasteiger partial charge on any atom is 0.515 e. The number of halogens is 1. The van der Waals surface area contributed by atoms with Crippen molar-refractivity contribution in [3.63, 3.8) is 0 Å². The molecule has 146 valence electrons. The molecule has 0 aromatic carbocycles. The van der Waals surface area contributed by atoms with E-state index < -0.39 is 60.0 Å². The Labute approximate surface area is 148 Å². The van der Waals surface area contributed by atoms with Crippen LogP contribution >= 0.6 is 0 Å². The second-order valence-electron chi connectivity index (χ2n) is 6.88. The molecule has 11 heteroatoms. The highest BCUT2D eigenvalue weighted by Crippen LogP contribution is 2.26. The van der Waals surface area contributed by atoms with Gasteiger partial charge >= 0.3 is 30.0 Å². The summed E-state index contributed by atoms with van der Waals surface area (Å²) in [5.41, 5.74) is -0.886. The number of nitrogens with one attached hydrogen (secondary N) is 1. The quantitative estimate of drug-likeness (QED) is 0.328. The number of esters is 1. The fourth-order valence-corrected chi connectivity index (χ4v) is 1.71. The van der Waals surface area contributed by atoms with Gasteiger partial charge in [0.1, 0.15) is 6.42 Å². The van der Waals surface area contributed by atoms with Crippen LogP contribution in [0.3, 0.4) is 0 Å². The SMILES string of the molecule is CC(C)C(OC(=O)OC1(OC(=O)F)CC(=O)NC1=O)OC(=O)C(C)(C)C. The van der Waals surface area contributed by atoms with Crippen molar-refractivity contribution in [1.82, 2.24) is 5.32 Å². The van der Waals surface area contributed by atoms with Crippen molar-refractivity contribution in [3.05, 3.63) is 0 Å². The molecule has 2 atom stereocenters. The van der Waals surface area contributed by atoms with Gasteiger partial charge in [-0.15, -0.1) is 4.39 Å². The fourth-order valence-electron chi connectivity index (χ4n) is 1.71. The van der Waals surface area contributed by atoms with Gasteiger partial charge in [0, 0.05) is 5.92 Å². The molecular weight excluding hydrogens is 357 g/mol. The summed E-state index contributed by atoms with van der Waals surface area (Å²) in [5, 5.41) is 1.71. The Bertz CT molecular complexity index is 625. The second kappa shape index (κ2) is 7.67. The summed E-state index contributed by atoms with van der Waals surface area (Å²) >= 11 is 0. The van der Waals surface area contributed by atoms with Gasteiger partial charge in [0.2, 0.25) is 5.91 Å². The van der Waals surface area contributed by atoms with E-state index in [-0.39, 0.29) is 0 Å². The van der Waals surface area contributed by atoms with E-state index in [0.29, 0.717) is 0 Å². The minimum Gasteiger partial charge on any atom is -0.424 e. The number of amides is 2. The molecule has 1 aliphatic heterocycles. The third-order valence-electron chi connectivity index (χ3n) is 3.08. The van der Waals surface area contributed by atoms with Crippen molar-refractivity contribution in [2.75, 3.05) is 0 Å². The number of carbonyl (C=O) groups excluding carboxylic acids is 5. The molecule has 2 unspecified atom stereocenters. The van der Waals surface area contributed by atoms with Gasteiger partial charge in [-0.3, -0.25) is 19.7 Å². The lowest BCUT2D eigenvalue weighted by molar-refractivity contribution is -0.209. The van der Waals surface area contributed by atoms with Gasteiger partial charge in [0.15, 0.2) is 0 Å². The van der Waals surface area contributed by atoms with Crippen LogP contribution in [0.25, 0.3) is 0 Å². The van der Waals surface area contributed by atoms with E-state index in [9.17, 15) is 28.4 Å². The van der Waals surface area contributed by atoms with Gasteiger partial charge in [-0.2, -0.15) is 0 Å². The third kappa shape index (κ3) is 5.39. The van der Waals surface area contributed by atoms with Gasteiger partial charge < -0.3 is 18.9 Å². The van der Waals surface area contributed by atoms with Crippen LogP contribution in [-0.2, 0) is 33.3 Å².